The number of thiazole rings is 1. The molecular formula is C20H28ClN3OS. The van der Waals surface area contributed by atoms with Gasteiger partial charge in [-0.3, -0.25) is 4.79 Å². The molecule has 3 atom stereocenters. The van der Waals surface area contributed by atoms with Crippen LogP contribution in [0.1, 0.15) is 44.2 Å². The first-order valence-corrected chi connectivity index (χ1v) is 10.0. The number of benzene rings is 1. The van der Waals surface area contributed by atoms with E-state index in [-0.39, 0.29) is 24.4 Å². The average molecular weight is 394 g/mol. The van der Waals surface area contributed by atoms with Crippen molar-refractivity contribution in [3.63, 3.8) is 0 Å². The van der Waals surface area contributed by atoms with E-state index in [0.717, 1.165) is 29.4 Å². The molecule has 0 aliphatic carbocycles. The van der Waals surface area contributed by atoms with E-state index in [2.05, 4.69) is 35.1 Å². The van der Waals surface area contributed by atoms with Crippen LogP contribution in [0.3, 0.4) is 0 Å². The fourth-order valence-corrected chi connectivity index (χ4v) is 4.25. The molecule has 2 heterocycles. The third kappa shape index (κ3) is 5.53. The van der Waals surface area contributed by atoms with Crippen LogP contribution in [0.25, 0.3) is 11.3 Å². The first kappa shape index (κ1) is 20.9. The SMILES string of the molecule is CC(NC(=O)CC(C)C1CCCNC1)c1nc(-c2ccccc2)cs1.Cl. The summed E-state index contributed by atoms with van der Waals surface area (Å²) in [4.78, 5) is 17.1. The molecule has 142 valence electrons. The summed E-state index contributed by atoms with van der Waals surface area (Å²) in [5, 5.41) is 9.57. The van der Waals surface area contributed by atoms with Gasteiger partial charge in [-0.15, -0.1) is 23.7 Å². The molecule has 1 aliphatic rings. The zero-order valence-electron chi connectivity index (χ0n) is 15.4. The van der Waals surface area contributed by atoms with Gasteiger partial charge in [-0.2, -0.15) is 0 Å². The smallest absolute Gasteiger partial charge is 0.220 e. The zero-order chi connectivity index (χ0) is 17.6. The summed E-state index contributed by atoms with van der Waals surface area (Å²) in [5.74, 6) is 1.15. The van der Waals surface area contributed by atoms with Gasteiger partial charge in [0.2, 0.25) is 5.91 Å². The Morgan fingerprint density at radius 1 is 1.35 bits per heavy atom. The Morgan fingerprint density at radius 3 is 2.81 bits per heavy atom. The molecule has 2 N–H and O–H groups in total. The molecule has 26 heavy (non-hydrogen) atoms. The number of carbonyl (C=O) groups is 1. The first-order chi connectivity index (χ1) is 12.1. The minimum Gasteiger partial charge on any atom is -0.347 e. The second kappa shape index (κ2) is 10.0. The summed E-state index contributed by atoms with van der Waals surface area (Å²) in [7, 11) is 0. The van der Waals surface area contributed by atoms with Gasteiger partial charge >= 0.3 is 0 Å². The van der Waals surface area contributed by atoms with Crippen molar-refractivity contribution in [2.45, 2.75) is 39.2 Å². The van der Waals surface area contributed by atoms with Gasteiger partial charge in [0.25, 0.3) is 0 Å². The van der Waals surface area contributed by atoms with Gasteiger partial charge in [0.05, 0.1) is 11.7 Å². The highest BCUT2D eigenvalue weighted by Gasteiger charge is 2.23. The lowest BCUT2D eigenvalue weighted by molar-refractivity contribution is -0.123. The van der Waals surface area contributed by atoms with Crippen molar-refractivity contribution in [3.8, 4) is 11.3 Å². The highest BCUT2D eigenvalue weighted by molar-refractivity contribution is 7.10. The number of rotatable bonds is 6. The minimum atomic E-state index is -0.0494. The molecule has 6 heteroatoms. The van der Waals surface area contributed by atoms with E-state index in [1.165, 1.54) is 12.8 Å². The minimum absolute atomic E-state index is 0. The first-order valence-electron chi connectivity index (χ1n) is 9.14. The zero-order valence-corrected chi connectivity index (χ0v) is 17.0. The lowest BCUT2D eigenvalue weighted by Gasteiger charge is -2.28. The van der Waals surface area contributed by atoms with Gasteiger partial charge in [-0.05, 0) is 44.7 Å². The van der Waals surface area contributed by atoms with Crippen LogP contribution in [0.15, 0.2) is 35.7 Å². The number of aromatic nitrogens is 1. The monoisotopic (exact) mass is 393 g/mol. The standard InChI is InChI=1S/C20H27N3OS.ClH/c1-14(17-9-6-10-21-12-17)11-19(24)22-15(2)20-23-18(13-25-20)16-7-4-3-5-8-16;/h3-5,7-8,13-15,17,21H,6,9-12H2,1-2H3,(H,22,24);1H. The Hall–Kier alpha value is -1.43. The molecule has 0 saturated carbocycles. The van der Waals surface area contributed by atoms with Crippen molar-refractivity contribution in [2.75, 3.05) is 13.1 Å². The van der Waals surface area contributed by atoms with E-state index in [9.17, 15) is 4.79 Å². The highest BCUT2D eigenvalue weighted by Crippen LogP contribution is 2.26. The quantitative estimate of drug-likeness (QED) is 0.763. The summed E-state index contributed by atoms with van der Waals surface area (Å²) in [6, 6.07) is 10.1. The molecule has 0 bridgehead atoms. The van der Waals surface area contributed by atoms with Crippen molar-refractivity contribution < 1.29 is 4.79 Å². The van der Waals surface area contributed by atoms with Crippen LogP contribution in [0, 0.1) is 11.8 Å². The van der Waals surface area contributed by atoms with Gasteiger partial charge in [0, 0.05) is 17.4 Å². The maximum Gasteiger partial charge on any atom is 0.220 e. The van der Waals surface area contributed by atoms with Gasteiger partial charge in [0.1, 0.15) is 5.01 Å². The second-order valence-electron chi connectivity index (χ2n) is 7.01. The normalized spacial score (nSPS) is 19.2. The summed E-state index contributed by atoms with van der Waals surface area (Å²) in [5.41, 5.74) is 2.09. The molecule has 1 amide bonds. The molecular weight excluding hydrogens is 366 g/mol. The Bertz CT molecular complexity index is 685. The van der Waals surface area contributed by atoms with Crippen molar-refractivity contribution in [1.29, 1.82) is 0 Å². The highest BCUT2D eigenvalue weighted by atomic mass is 35.5. The largest absolute Gasteiger partial charge is 0.347 e. The maximum absolute atomic E-state index is 12.4. The van der Waals surface area contributed by atoms with Crippen LogP contribution >= 0.6 is 23.7 Å². The van der Waals surface area contributed by atoms with Crippen molar-refractivity contribution in [3.05, 3.63) is 40.7 Å². The Balaban J connectivity index is 0.00000243. The van der Waals surface area contributed by atoms with E-state index >= 15 is 0 Å². The average Bonchev–Trinajstić information content (AvgIpc) is 3.13. The molecule has 1 aromatic carbocycles. The number of piperidine rings is 1. The fraction of sp³-hybridized carbons (Fsp3) is 0.500. The third-order valence-electron chi connectivity index (χ3n) is 4.99. The summed E-state index contributed by atoms with van der Waals surface area (Å²) in [6.45, 7) is 6.36. The number of hydrogen-bond donors (Lipinski definition) is 2. The number of nitrogens with zero attached hydrogens (tertiary/aromatic N) is 1. The van der Waals surface area contributed by atoms with Crippen LogP contribution in [-0.2, 0) is 4.79 Å². The van der Waals surface area contributed by atoms with Crippen molar-refractivity contribution in [2.24, 2.45) is 11.8 Å². The van der Waals surface area contributed by atoms with Crippen molar-refractivity contribution >= 4 is 29.7 Å². The van der Waals surface area contributed by atoms with Crippen molar-refractivity contribution in [1.82, 2.24) is 15.6 Å². The fourth-order valence-electron chi connectivity index (χ4n) is 3.41. The Morgan fingerprint density at radius 2 is 2.12 bits per heavy atom. The van der Waals surface area contributed by atoms with Gasteiger partial charge in [0.15, 0.2) is 0 Å². The van der Waals surface area contributed by atoms with Crippen LogP contribution in [-0.4, -0.2) is 24.0 Å². The van der Waals surface area contributed by atoms with Crippen LogP contribution in [0.2, 0.25) is 0 Å². The molecule has 0 radical (unpaired) electrons. The van der Waals surface area contributed by atoms with E-state index in [1.807, 2.05) is 25.1 Å². The number of amides is 1. The molecule has 1 saturated heterocycles. The third-order valence-corrected chi connectivity index (χ3v) is 6.01. The van der Waals surface area contributed by atoms with Gasteiger partial charge in [-0.25, -0.2) is 4.98 Å². The Labute approximate surface area is 166 Å². The van der Waals surface area contributed by atoms with Crippen LogP contribution in [0.4, 0.5) is 0 Å². The summed E-state index contributed by atoms with van der Waals surface area (Å²) < 4.78 is 0. The van der Waals surface area contributed by atoms with Gasteiger partial charge < -0.3 is 10.6 Å². The van der Waals surface area contributed by atoms with E-state index in [0.29, 0.717) is 18.3 Å². The Kier molecular flexibility index (Phi) is 8.07. The molecule has 0 spiro atoms. The molecule has 4 nitrogen and oxygen atoms in total. The number of hydrogen-bond acceptors (Lipinski definition) is 4. The molecule has 3 rings (SSSR count). The number of carbonyl (C=O) groups excluding carboxylic acids is 1. The molecule has 2 aromatic rings. The molecule has 1 aromatic heterocycles. The number of nitrogens with one attached hydrogen (secondary N) is 2. The summed E-state index contributed by atoms with van der Waals surface area (Å²) >= 11 is 1.61. The second-order valence-corrected chi connectivity index (χ2v) is 7.90. The predicted molar refractivity (Wildman–Crippen MR) is 111 cm³/mol. The van der Waals surface area contributed by atoms with E-state index in [4.69, 9.17) is 4.98 Å². The maximum atomic E-state index is 12.4. The van der Waals surface area contributed by atoms with Gasteiger partial charge in [-0.1, -0.05) is 37.3 Å². The number of halogens is 1. The lowest BCUT2D eigenvalue weighted by atomic mass is 9.85. The van der Waals surface area contributed by atoms with Crippen LogP contribution < -0.4 is 10.6 Å². The van der Waals surface area contributed by atoms with E-state index < -0.39 is 0 Å². The lowest BCUT2D eigenvalue weighted by Crippen LogP contribution is -2.36. The molecule has 1 aliphatic heterocycles. The molecule has 1 fully saturated rings. The topological polar surface area (TPSA) is 54.0 Å². The molecule has 3 unspecified atom stereocenters. The van der Waals surface area contributed by atoms with Crippen LogP contribution in [0.5, 0.6) is 0 Å². The van der Waals surface area contributed by atoms with E-state index in [1.54, 1.807) is 11.3 Å². The summed E-state index contributed by atoms with van der Waals surface area (Å²) in [6.07, 6.45) is 3.03. The predicted octanol–water partition coefficient (Wildman–Crippen LogP) is 4.43.